The van der Waals surface area contributed by atoms with Gasteiger partial charge in [0.15, 0.2) is 0 Å². The fourth-order valence-corrected chi connectivity index (χ4v) is 3.18. The number of nitrogens with one attached hydrogen (secondary N) is 1. The molecule has 22 heavy (non-hydrogen) atoms. The summed E-state index contributed by atoms with van der Waals surface area (Å²) < 4.78 is 0. The molecule has 1 aliphatic rings. The number of amides is 1. The number of hydrogen-bond donors (Lipinski definition) is 2. The highest BCUT2D eigenvalue weighted by Gasteiger charge is 2.26. The van der Waals surface area contributed by atoms with Crippen LogP contribution in [-0.2, 0) is 4.79 Å². The predicted octanol–water partition coefficient (Wildman–Crippen LogP) is 3.21. The molecule has 1 aliphatic heterocycles. The Morgan fingerprint density at radius 2 is 2.23 bits per heavy atom. The lowest BCUT2D eigenvalue weighted by Gasteiger charge is -2.37. The smallest absolute Gasteiger partial charge is 0.238 e. The molecule has 1 saturated heterocycles. The summed E-state index contributed by atoms with van der Waals surface area (Å²) >= 11 is 5.93. The van der Waals surface area contributed by atoms with Gasteiger partial charge in [-0.05, 0) is 57.0 Å². The van der Waals surface area contributed by atoms with Gasteiger partial charge in [-0.1, -0.05) is 18.0 Å². The van der Waals surface area contributed by atoms with E-state index in [2.05, 4.69) is 10.2 Å². The van der Waals surface area contributed by atoms with Gasteiger partial charge in [0.2, 0.25) is 5.91 Å². The molecular formula is C16H25Cl2N3O. The van der Waals surface area contributed by atoms with E-state index in [1.165, 1.54) is 6.42 Å². The van der Waals surface area contributed by atoms with Crippen molar-refractivity contribution in [2.24, 2.45) is 5.73 Å². The van der Waals surface area contributed by atoms with Gasteiger partial charge >= 0.3 is 0 Å². The van der Waals surface area contributed by atoms with Crippen molar-refractivity contribution in [3.05, 3.63) is 28.8 Å². The van der Waals surface area contributed by atoms with Gasteiger partial charge in [-0.15, -0.1) is 12.4 Å². The van der Waals surface area contributed by atoms with Crippen LogP contribution in [0.25, 0.3) is 0 Å². The first-order valence-corrected chi connectivity index (χ1v) is 7.91. The van der Waals surface area contributed by atoms with Gasteiger partial charge in [0.25, 0.3) is 0 Å². The number of aryl methyl sites for hydroxylation is 1. The molecule has 124 valence electrons. The van der Waals surface area contributed by atoms with Gasteiger partial charge in [-0.3, -0.25) is 9.69 Å². The summed E-state index contributed by atoms with van der Waals surface area (Å²) in [6.07, 6.45) is 3.40. The van der Waals surface area contributed by atoms with Crippen molar-refractivity contribution in [3.63, 3.8) is 0 Å². The molecule has 1 fully saturated rings. The molecule has 2 rings (SSSR count). The second-order valence-corrected chi connectivity index (χ2v) is 6.34. The Kier molecular flexibility index (Phi) is 7.63. The van der Waals surface area contributed by atoms with E-state index in [4.69, 9.17) is 17.3 Å². The molecule has 0 bridgehead atoms. The van der Waals surface area contributed by atoms with Crippen LogP contribution in [0.3, 0.4) is 0 Å². The van der Waals surface area contributed by atoms with E-state index in [0.717, 1.165) is 30.6 Å². The van der Waals surface area contributed by atoms with Crippen LogP contribution in [0.4, 0.5) is 5.69 Å². The maximum absolute atomic E-state index is 12.3. The van der Waals surface area contributed by atoms with Crippen LogP contribution in [0.1, 0.15) is 31.7 Å². The number of hydrogen-bond acceptors (Lipinski definition) is 3. The minimum Gasteiger partial charge on any atom is -0.327 e. The van der Waals surface area contributed by atoms with Gasteiger partial charge in [0.05, 0.1) is 6.54 Å². The zero-order valence-electron chi connectivity index (χ0n) is 13.1. The standard InChI is InChI=1S/C16H24ClN3O.ClH/c1-11-9-13(17)6-7-14(11)19-16(21)10-20-8-4-3-5-15(20)12(2)18;/h6-7,9,12,15H,3-5,8,10,18H2,1-2H3,(H,19,21);1H. The minimum atomic E-state index is 0. The number of anilines is 1. The Balaban J connectivity index is 0.00000242. The number of likely N-dealkylation sites (tertiary alicyclic amines) is 1. The molecule has 4 nitrogen and oxygen atoms in total. The molecule has 0 spiro atoms. The molecule has 1 amide bonds. The van der Waals surface area contributed by atoms with Crippen LogP contribution >= 0.6 is 24.0 Å². The van der Waals surface area contributed by atoms with Crippen molar-refractivity contribution in [3.8, 4) is 0 Å². The third-order valence-corrected chi connectivity index (χ3v) is 4.32. The molecule has 0 aliphatic carbocycles. The monoisotopic (exact) mass is 345 g/mol. The Labute approximate surface area is 143 Å². The zero-order valence-corrected chi connectivity index (χ0v) is 14.7. The Bertz CT molecular complexity index is 508. The zero-order chi connectivity index (χ0) is 15.4. The van der Waals surface area contributed by atoms with Crippen molar-refractivity contribution < 1.29 is 4.79 Å². The number of piperidine rings is 1. The van der Waals surface area contributed by atoms with E-state index >= 15 is 0 Å². The second kappa shape index (κ2) is 8.73. The average molecular weight is 346 g/mol. The molecule has 2 atom stereocenters. The molecule has 0 radical (unpaired) electrons. The SMILES string of the molecule is Cc1cc(Cl)ccc1NC(=O)CN1CCCCC1C(C)N.Cl. The highest BCUT2D eigenvalue weighted by molar-refractivity contribution is 6.30. The van der Waals surface area contributed by atoms with E-state index in [1.54, 1.807) is 6.07 Å². The van der Waals surface area contributed by atoms with Crippen LogP contribution in [0, 0.1) is 6.92 Å². The minimum absolute atomic E-state index is 0. The average Bonchev–Trinajstić information content (AvgIpc) is 2.42. The predicted molar refractivity (Wildman–Crippen MR) is 94.9 cm³/mol. The van der Waals surface area contributed by atoms with Gasteiger partial charge in [-0.2, -0.15) is 0 Å². The Morgan fingerprint density at radius 3 is 2.86 bits per heavy atom. The van der Waals surface area contributed by atoms with Crippen LogP contribution in [0.5, 0.6) is 0 Å². The van der Waals surface area contributed by atoms with Crippen LogP contribution < -0.4 is 11.1 Å². The molecule has 3 N–H and O–H groups in total. The van der Waals surface area contributed by atoms with Crippen molar-refractivity contribution >= 4 is 35.6 Å². The number of nitrogens with zero attached hydrogens (tertiary/aromatic N) is 1. The van der Waals surface area contributed by atoms with Crippen LogP contribution in [-0.4, -0.2) is 36.0 Å². The second-order valence-electron chi connectivity index (χ2n) is 5.90. The molecule has 6 heteroatoms. The molecule has 0 saturated carbocycles. The number of rotatable bonds is 4. The van der Waals surface area contributed by atoms with Crippen molar-refractivity contribution in [2.75, 3.05) is 18.4 Å². The topological polar surface area (TPSA) is 58.4 Å². The molecule has 0 aromatic heterocycles. The molecule has 1 aromatic rings. The normalized spacial score (nSPS) is 20.1. The largest absolute Gasteiger partial charge is 0.327 e. The maximum Gasteiger partial charge on any atom is 0.238 e. The highest BCUT2D eigenvalue weighted by Crippen LogP contribution is 2.21. The van der Waals surface area contributed by atoms with E-state index < -0.39 is 0 Å². The summed E-state index contributed by atoms with van der Waals surface area (Å²) in [7, 11) is 0. The van der Waals surface area contributed by atoms with E-state index in [1.807, 2.05) is 26.0 Å². The maximum atomic E-state index is 12.3. The highest BCUT2D eigenvalue weighted by atomic mass is 35.5. The Morgan fingerprint density at radius 1 is 1.50 bits per heavy atom. The first-order chi connectivity index (χ1) is 9.97. The lowest BCUT2D eigenvalue weighted by atomic mass is 9.97. The van der Waals surface area contributed by atoms with Crippen molar-refractivity contribution in [1.29, 1.82) is 0 Å². The van der Waals surface area contributed by atoms with Crippen LogP contribution in [0.15, 0.2) is 18.2 Å². The van der Waals surface area contributed by atoms with Crippen LogP contribution in [0.2, 0.25) is 5.02 Å². The van der Waals surface area contributed by atoms with Gasteiger partial charge < -0.3 is 11.1 Å². The summed E-state index contributed by atoms with van der Waals surface area (Å²) in [6.45, 7) is 5.30. The number of carbonyl (C=O) groups excluding carboxylic acids is 1. The molecule has 1 aromatic carbocycles. The third-order valence-electron chi connectivity index (χ3n) is 4.08. The van der Waals surface area contributed by atoms with E-state index in [-0.39, 0.29) is 24.4 Å². The van der Waals surface area contributed by atoms with Crippen molar-refractivity contribution in [2.45, 2.75) is 45.2 Å². The first kappa shape index (κ1) is 19.2. The van der Waals surface area contributed by atoms with E-state index in [0.29, 0.717) is 17.6 Å². The third kappa shape index (κ3) is 5.13. The number of halogens is 2. The summed E-state index contributed by atoms with van der Waals surface area (Å²) in [6, 6.07) is 5.87. The fourth-order valence-electron chi connectivity index (χ4n) is 2.95. The number of benzene rings is 1. The van der Waals surface area contributed by atoms with Crippen molar-refractivity contribution in [1.82, 2.24) is 4.90 Å². The lowest BCUT2D eigenvalue weighted by molar-refractivity contribution is -0.118. The number of carbonyl (C=O) groups is 1. The Hall–Kier alpha value is -0.810. The number of nitrogens with two attached hydrogens (primary N) is 1. The molecule has 1 heterocycles. The van der Waals surface area contributed by atoms with E-state index in [9.17, 15) is 4.79 Å². The summed E-state index contributed by atoms with van der Waals surface area (Å²) in [4.78, 5) is 14.5. The quantitative estimate of drug-likeness (QED) is 0.880. The first-order valence-electron chi connectivity index (χ1n) is 7.53. The fraction of sp³-hybridized carbons (Fsp3) is 0.562. The molecular weight excluding hydrogens is 321 g/mol. The summed E-state index contributed by atoms with van der Waals surface area (Å²) in [5, 5.41) is 3.64. The molecule has 2 unspecified atom stereocenters. The summed E-state index contributed by atoms with van der Waals surface area (Å²) in [5.74, 6) is 0.00738. The van der Waals surface area contributed by atoms with Gasteiger partial charge in [0.1, 0.15) is 0 Å². The van der Waals surface area contributed by atoms with Gasteiger partial charge in [0, 0.05) is 22.8 Å². The summed E-state index contributed by atoms with van der Waals surface area (Å²) in [5.41, 5.74) is 7.83. The lowest BCUT2D eigenvalue weighted by Crippen LogP contribution is -2.51. The van der Waals surface area contributed by atoms with Gasteiger partial charge in [-0.25, -0.2) is 0 Å².